The van der Waals surface area contributed by atoms with Crippen LogP contribution < -0.4 is 15.0 Å². The van der Waals surface area contributed by atoms with Gasteiger partial charge in [0.1, 0.15) is 29.4 Å². The summed E-state index contributed by atoms with van der Waals surface area (Å²) >= 11 is 0. The van der Waals surface area contributed by atoms with E-state index in [4.69, 9.17) is 18.9 Å². The van der Waals surface area contributed by atoms with Crippen molar-refractivity contribution in [2.24, 2.45) is 0 Å². The first kappa shape index (κ1) is 26.7. The molecule has 1 aliphatic rings. The second-order valence-electron chi connectivity index (χ2n) is 9.76. The highest BCUT2D eigenvalue weighted by molar-refractivity contribution is 5.68. The number of rotatable bonds is 9. The summed E-state index contributed by atoms with van der Waals surface area (Å²) in [6, 6.07) is 25.5. The maximum Gasteiger partial charge on any atom is 0.278 e. The molecular formula is C31H30N4O6. The van der Waals surface area contributed by atoms with Crippen LogP contribution in [-0.4, -0.2) is 57.7 Å². The number of hydrogen-bond donors (Lipinski definition) is 2. The van der Waals surface area contributed by atoms with Gasteiger partial charge < -0.3 is 29.0 Å². The first-order chi connectivity index (χ1) is 20.1. The molecule has 1 saturated heterocycles. The van der Waals surface area contributed by atoms with E-state index in [1.807, 2.05) is 78.9 Å². The van der Waals surface area contributed by atoms with Crippen molar-refractivity contribution in [3.63, 3.8) is 0 Å². The lowest BCUT2D eigenvalue weighted by Crippen LogP contribution is -2.40. The second kappa shape index (κ2) is 11.2. The van der Waals surface area contributed by atoms with E-state index in [1.165, 1.54) is 12.7 Å². The van der Waals surface area contributed by atoms with Gasteiger partial charge in [0.05, 0.1) is 39.6 Å². The van der Waals surface area contributed by atoms with Crippen LogP contribution in [0.3, 0.4) is 0 Å². The van der Waals surface area contributed by atoms with Crippen LogP contribution in [0.2, 0.25) is 0 Å². The number of benzene rings is 3. The van der Waals surface area contributed by atoms with Gasteiger partial charge in [-0.2, -0.15) is 0 Å². The van der Waals surface area contributed by atoms with Crippen molar-refractivity contribution in [2.75, 3.05) is 20.8 Å². The Bertz CT molecular complexity index is 1620. The third-order valence-corrected chi connectivity index (χ3v) is 7.54. The molecule has 6 rings (SSSR count). The lowest BCUT2D eigenvalue weighted by atomic mass is 9.79. The molecule has 0 bridgehead atoms. The Hall–Kier alpha value is -4.51. The molecule has 3 aromatic carbocycles. The number of aromatic nitrogens is 4. The molecule has 0 amide bonds. The number of hydrogen-bond acceptors (Lipinski definition) is 8. The fraction of sp³-hybridized carbons (Fsp3) is 0.258. The zero-order chi connectivity index (χ0) is 28.4. The molecule has 0 aliphatic carbocycles. The summed E-state index contributed by atoms with van der Waals surface area (Å²) in [5, 5.41) is 10.4. The number of aliphatic hydroxyl groups excluding tert-OH is 1. The third kappa shape index (κ3) is 4.76. The number of nitrogens with one attached hydrogen (secondary N) is 1. The van der Waals surface area contributed by atoms with Gasteiger partial charge in [0, 0.05) is 6.42 Å². The van der Waals surface area contributed by atoms with Gasteiger partial charge in [0.25, 0.3) is 5.56 Å². The first-order valence-corrected chi connectivity index (χ1v) is 13.3. The third-order valence-electron chi connectivity index (χ3n) is 7.54. The van der Waals surface area contributed by atoms with Crippen molar-refractivity contribution in [2.45, 2.75) is 30.5 Å². The van der Waals surface area contributed by atoms with E-state index in [2.05, 4.69) is 15.0 Å². The van der Waals surface area contributed by atoms with Crippen LogP contribution in [0.1, 0.15) is 29.3 Å². The average molecular weight is 555 g/mol. The van der Waals surface area contributed by atoms with Crippen LogP contribution >= 0.6 is 0 Å². The second-order valence-corrected chi connectivity index (χ2v) is 9.76. The normalized spacial score (nSPS) is 19.0. The van der Waals surface area contributed by atoms with Gasteiger partial charge in [0.15, 0.2) is 11.2 Å². The molecule has 3 heterocycles. The van der Waals surface area contributed by atoms with Crippen molar-refractivity contribution in [1.82, 2.24) is 19.5 Å². The summed E-state index contributed by atoms with van der Waals surface area (Å²) in [5.41, 5.74) is 1.85. The summed E-state index contributed by atoms with van der Waals surface area (Å²) in [7, 11) is 3.26. The van der Waals surface area contributed by atoms with Crippen LogP contribution in [0, 0.1) is 0 Å². The highest BCUT2D eigenvalue weighted by Gasteiger charge is 2.46. The number of H-pyrrole nitrogens is 1. The Morgan fingerprint density at radius 2 is 1.54 bits per heavy atom. The molecule has 0 saturated carbocycles. The Morgan fingerprint density at radius 1 is 0.927 bits per heavy atom. The summed E-state index contributed by atoms with van der Waals surface area (Å²) in [6.45, 7) is -0.266. The zero-order valence-corrected chi connectivity index (χ0v) is 22.6. The van der Waals surface area contributed by atoms with E-state index >= 15 is 0 Å². The monoisotopic (exact) mass is 554 g/mol. The van der Waals surface area contributed by atoms with Crippen molar-refractivity contribution in [1.29, 1.82) is 0 Å². The summed E-state index contributed by atoms with van der Waals surface area (Å²) in [4.78, 5) is 23.3. The molecule has 1 fully saturated rings. The molecule has 1 aliphatic heterocycles. The number of nitrogens with zero attached hydrogens (tertiary/aromatic N) is 3. The Labute approximate surface area is 236 Å². The Morgan fingerprint density at radius 3 is 2.12 bits per heavy atom. The highest BCUT2D eigenvalue weighted by atomic mass is 16.6. The van der Waals surface area contributed by atoms with E-state index in [0.717, 1.165) is 28.2 Å². The van der Waals surface area contributed by atoms with Gasteiger partial charge in [-0.25, -0.2) is 9.97 Å². The van der Waals surface area contributed by atoms with E-state index in [-0.39, 0.29) is 17.7 Å². The standard InChI is InChI=1S/C31H30N4O6/c1-38-23-12-8-21(9-13-23)31(20-6-4-3-5-7-20,22-10-14-24(39-2)15-11-22)41-25-16-27(40-26(25)17-36)35-19-34-28-29(35)32-18-33-30(28)37/h3-15,18-19,25-27,36H,16-17H2,1-2H3,(H,32,33,37)/t25-,26+,27+/m0/s1. The summed E-state index contributed by atoms with van der Waals surface area (Å²) in [5.74, 6) is 1.44. The van der Waals surface area contributed by atoms with Crippen molar-refractivity contribution in [3.05, 3.63) is 119 Å². The van der Waals surface area contributed by atoms with E-state index < -0.39 is 24.0 Å². The lowest BCUT2D eigenvalue weighted by Gasteiger charge is -2.39. The van der Waals surface area contributed by atoms with Gasteiger partial charge in [-0.05, 0) is 41.0 Å². The number of ether oxygens (including phenoxy) is 4. The largest absolute Gasteiger partial charge is 0.497 e. The van der Waals surface area contributed by atoms with E-state index in [9.17, 15) is 9.90 Å². The number of fused-ring (bicyclic) bond motifs is 1. The van der Waals surface area contributed by atoms with Crippen molar-refractivity contribution < 1.29 is 24.1 Å². The summed E-state index contributed by atoms with van der Waals surface area (Å²) in [6.07, 6.45) is 1.49. The van der Waals surface area contributed by atoms with Crippen LogP contribution in [0.25, 0.3) is 11.2 Å². The summed E-state index contributed by atoms with van der Waals surface area (Å²) < 4.78 is 26.1. The van der Waals surface area contributed by atoms with Gasteiger partial charge >= 0.3 is 0 Å². The fourth-order valence-corrected chi connectivity index (χ4v) is 5.49. The molecule has 0 spiro atoms. The van der Waals surface area contributed by atoms with Crippen LogP contribution in [0.5, 0.6) is 11.5 Å². The molecule has 10 heteroatoms. The van der Waals surface area contributed by atoms with Crippen LogP contribution in [0.4, 0.5) is 0 Å². The molecular weight excluding hydrogens is 524 g/mol. The van der Waals surface area contributed by atoms with Gasteiger partial charge in [-0.15, -0.1) is 0 Å². The first-order valence-electron chi connectivity index (χ1n) is 13.3. The van der Waals surface area contributed by atoms with Gasteiger partial charge in [-0.3, -0.25) is 9.36 Å². The number of aromatic amines is 1. The quantitative estimate of drug-likeness (QED) is 0.264. The molecule has 41 heavy (non-hydrogen) atoms. The van der Waals surface area contributed by atoms with Crippen LogP contribution in [0.15, 0.2) is 96.3 Å². The van der Waals surface area contributed by atoms with Crippen molar-refractivity contribution >= 4 is 11.2 Å². The molecule has 2 N–H and O–H groups in total. The molecule has 10 nitrogen and oxygen atoms in total. The zero-order valence-electron chi connectivity index (χ0n) is 22.6. The maximum absolute atomic E-state index is 12.2. The van der Waals surface area contributed by atoms with Gasteiger partial charge in [-0.1, -0.05) is 54.6 Å². The van der Waals surface area contributed by atoms with E-state index in [0.29, 0.717) is 12.1 Å². The van der Waals surface area contributed by atoms with E-state index in [1.54, 1.807) is 18.8 Å². The number of imidazole rings is 1. The predicted molar refractivity (Wildman–Crippen MR) is 151 cm³/mol. The topological polar surface area (TPSA) is 121 Å². The predicted octanol–water partition coefficient (Wildman–Crippen LogP) is 3.79. The molecule has 0 unspecified atom stereocenters. The number of aliphatic hydroxyl groups is 1. The smallest absolute Gasteiger partial charge is 0.278 e. The molecule has 2 aromatic heterocycles. The minimum atomic E-state index is -1.08. The fourth-order valence-electron chi connectivity index (χ4n) is 5.49. The van der Waals surface area contributed by atoms with Gasteiger partial charge in [0.2, 0.25) is 0 Å². The minimum absolute atomic E-state index is 0.219. The molecule has 5 aromatic rings. The minimum Gasteiger partial charge on any atom is -0.497 e. The highest BCUT2D eigenvalue weighted by Crippen LogP contribution is 2.45. The Balaban J connectivity index is 1.47. The lowest BCUT2D eigenvalue weighted by molar-refractivity contribution is -0.0988. The molecule has 0 radical (unpaired) electrons. The molecule has 210 valence electrons. The van der Waals surface area contributed by atoms with Crippen LogP contribution in [-0.2, 0) is 15.1 Å². The van der Waals surface area contributed by atoms with Crippen molar-refractivity contribution in [3.8, 4) is 11.5 Å². The SMILES string of the molecule is COc1ccc(C(O[C@H]2C[C@H](n3cnc4c(=O)[nH]cnc43)O[C@@H]2CO)(c2ccccc2)c2ccc(OC)cc2)cc1. The average Bonchev–Trinajstić information content (AvgIpc) is 3.65. The number of methoxy groups -OCH3 is 2. The maximum atomic E-state index is 12.2. The molecule has 3 atom stereocenters. The Kier molecular flexibility index (Phi) is 7.27.